The zero-order chi connectivity index (χ0) is 17.9. The molecule has 0 N–H and O–H groups in total. The Labute approximate surface area is 164 Å². The van der Waals surface area contributed by atoms with Gasteiger partial charge in [-0.1, -0.05) is 84.6 Å². The van der Waals surface area contributed by atoms with Gasteiger partial charge in [-0.2, -0.15) is 0 Å². The van der Waals surface area contributed by atoms with Crippen LogP contribution in [0, 0.1) is 0 Å². The third kappa shape index (κ3) is 6.47. The number of hydrogen-bond donors (Lipinski definition) is 0. The normalized spacial score (nSPS) is 9.85. The van der Waals surface area contributed by atoms with Crippen molar-refractivity contribution >= 4 is 23.5 Å². The molecule has 0 heterocycles. The van der Waals surface area contributed by atoms with Crippen molar-refractivity contribution in [3.8, 4) is 0 Å². The van der Waals surface area contributed by atoms with Crippen LogP contribution in [0.15, 0.2) is 141 Å². The zero-order valence-electron chi connectivity index (χ0n) is 14.4. The van der Waals surface area contributed by atoms with Gasteiger partial charge in [0, 0.05) is 21.6 Å². The highest BCUT2D eigenvalue weighted by molar-refractivity contribution is 7.99. The molecular weight excluding hydrogens is 352 g/mol. The lowest BCUT2D eigenvalue weighted by atomic mass is 10.4. The van der Waals surface area contributed by atoms with E-state index in [4.69, 9.17) is 0 Å². The Bertz CT molecular complexity index is 709. The first kappa shape index (κ1) is 18.4. The van der Waals surface area contributed by atoms with Crippen molar-refractivity contribution in [2.24, 2.45) is 0 Å². The lowest BCUT2D eigenvalue weighted by Gasteiger charge is -1.99. The van der Waals surface area contributed by atoms with Crippen molar-refractivity contribution in [2.75, 3.05) is 0 Å². The molecule has 0 unspecified atom stereocenters. The molecule has 0 aliphatic heterocycles. The van der Waals surface area contributed by atoms with Crippen LogP contribution < -0.4 is 0 Å². The summed E-state index contributed by atoms with van der Waals surface area (Å²) in [6.45, 7) is 0. The van der Waals surface area contributed by atoms with Crippen LogP contribution in [-0.4, -0.2) is 0 Å². The molecule has 26 heavy (non-hydrogen) atoms. The minimum Gasteiger partial charge on any atom is -0.0901 e. The fourth-order valence-corrected chi connectivity index (χ4v) is 4.07. The van der Waals surface area contributed by atoms with Crippen molar-refractivity contribution in [1.29, 1.82) is 0 Å². The third-order valence-electron chi connectivity index (χ3n) is 3.49. The van der Waals surface area contributed by atoms with E-state index in [2.05, 4.69) is 97.1 Å². The summed E-state index contributed by atoms with van der Waals surface area (Å²) in [7, 11) is 0. The van der Waals surface area contributed by atoms with Crippen molar-refractivity contribution < 1.29 is 0 Å². The van der Waals surface area contributed by atoms with Crippen LogP contribution >= 0.6 is 11.8 Å². The quantitative estimate of drug-likeness (QED) is 0.281. The number of hydrogen-bond acceptors (Lipinski definition) is 1. The number of thiol groups is 1. The molecule has 0 aliphatic rings. The predicted molar refractivity (Wildman–Crippen MR) is 115 cm³/mol. The first-order valence-corrected chi connectivity index (χ1v) is 10.2. The minimum absolute atomic E-state index is 1.28. The van der Waals surface area contributed by atoms with E-state index in [0.29, 0.717) is 0 Å². The molecule has 4 aromatic carbocycles. The first-order chi connectivity index (χ1) is 12.9. The van der Waals surface area contributed by atoms with Gasteiger partial charge in [0.2, 0.25) is 0 Å². The molecule has 0 fully saturated rings. The Balaban J connectivity index is 0.000000151. The van der Waals surface area contributed by atoms with E-state index in [9.17, 15) is 0 Å². The van der Waals surface area contributed by atoms with Crippen LogP contribution in [0.5, 0.6) is 0 Å². The molecule has 0 aliphatic carbocycles. The summed E-state index contributed by atoms with van der Waals surface area (Å²) >= 11 is 3.07. The van der Waals surface area contributed by atoms with Gasteiger partial charge in [0.1, 0.15) is 0 Å². The van der Waals surface area contributed by atoms with E-state index in [0.717, 1.165) is 0 Å². The maximum absolute atomic E-state index is 2.15. The Morgan fingerprint density at radius 1 is 0.385 bits per heavy atom. The van der Waals surface area contributed by atoms with Gasteiger partial charge < -0.3 is 0 Å². The average Bonchev–Trinajstić information content (AvgIpc) is 2.72. The summed E-state index contributed by atoms with van der Waals surface area (Å²) < 4.78 is 0. The second-order valence-corrected chi connectivity index (χ2v) is 7.91. The van der Waals surface area contributed by atoms with Crippen molar-refractivity contribution in [1.82, 2.24) is 0 Å². The maximum atomic E-state index is 2.15. The second kappa shape index (κ2) is 10.5. The summed E-state index contributed by atoms with van der Waals surface area (Å²) in [5.41, 5.74) is 0. The molecule has 2 heteroatoms. The zero-order valence-corrected chi connectivity index (χ0v) is 16.1. The topological polar surface area (TPSA) is 0 Å². The Kier molecular flexibility index (Phi) is 7.45. The largest absolute Gasteiger partial charge is 0.158 e. The molecule has 4 aromatic rings. The third-order valence-corrected chi connectivity index (χ3v) is 5.62. The fourth-order valence-electron chi connectivity index (χ4n) is 2.27. The molecule has 0 spiro atoms. The van der Waals surface area contributed by atoms with E-state index in [1.54, 1.807) is 11.8 Å². The Hall–Kier alpha value is -2.42. The average molecular weight is 374 g/mol. The van der Waals surface area contributed by atoms with Crippen molar-refractivity contribution in [3.63, 3.8) is 0 Å². The van der Waals surface area contributed by atoms with Crippen molar-refractivity contribution in [2.45, 2.75) is 19.6 Å². The van der Waals surface area contributed by atoms with Gasteiger partial charge in [0.15, 0.2) is 9.79 Å². The highest BCUT2D eigenvalue weighted by Crippen LogP contribution is 2.26. The molecule has 0 saturated carbocycles. The summed E-state index contributed by atoms with van der Waals surface area (Å²) in [6.07, 6.45) is 0. The second-order valence-electron chi connectivity index (χ2n) is 5.51. The summed E-state index contributed by atoms with van der Waals surface area (Å²) in [5, 5.41) is 0. The van der Waals surface area contributed by atoms with Crippen molar-refractivity contribution in [3.05, 3.63) is 121 Å². The van der Waals surface area contributed by atoms with E-state index in [1.165, 1.54) is 31.3 Å². The van der Waals surface area contributed by atoms with Gasteiger partial charge in [-0.25, -0.2) is 0 Å². The standard InChI is InChI=1S/2C12H10S/c2*1-3-7-11(8-4-1)13-12-9-5-2-6-10-12/h2*1-10H/p+1. The lowest BCUT2D eigenvalue weighted by molar-refractivity contribution is 1.40. The van der Waals surface area contributed by atoms with Crippen LogP contribution in [0.3, 0.4) is 0 Å². The molecule has 0 amide bonds. The van der Waals surface area contributed by atoms with E-state index >= 15 is 0 Å². The van der Waals surface area contributed by atoms with Gasteiger partial charge in [0.25, 0.3) is 0 Å². The number of benzene rings is 4. The van der Waals surface area contributed by atoms with Gasteiger partial charge in [0.05, 0.1) is 0 Å². The lowest BCUT2D eigenvalue weighted by Crippen LogP contribution is -1.82. The SMILES string of the molecule is c1ccc(Sc2ccccc2)cc1.c1ccc([SH+]c2ccccc2)cc1. The van der Waals surface area contributed by atoms with Gasteiger partial charge in [-0.3, -0.25) is 0 Å². The summed E-state index contributed by atoms with van der Waals surface area (Å²) in [5.74, 6) is 0. The monoisotopic (exact) mass is 373 g/mol. The predicted octanol–water partition coefficient (Wildman–Crippen LogP) is 6.76. The fraction of sp³-hybridized carbons (Fsp3) is 0. The Morgan fingerprint density at radius 2 is 0.692 bits per heavy atom. The molecule has 0 saturated heterocycles. The van der Waals surface area contributed by atoms with Crippen LogP contribution in [0.4, 0.5) is 0 Å². The van der Waals surface area contributed by atoms with E-state index in [1.807, 2.05) is 24.3 Å². The van der Waals surface area contributed by atoms with Crippen LogP contribution in [0.1, 0.15) is 0 Å². The molecule has 128 valence electrons. The van der Waals surface area contributed by atoms with E-state index < -0.39 is 0 Å². The smallest absolute Gasteiger partial charge is 0.0901 e. The van der Waals surface area contributed by atoms with Crippen LogP contribution in [0.25, 0.3) is 0 Å². The highest BCUT2D eigenvalue weighted by atomic mass is 32.2. The molecular formula is C24H21S2+. The molecule has 0 aromatic heterocycles. The summed E-state index contributed by atoms with van der Waals surface area (Å²) in [6, 6.07) is 41.8. The van der Waals surface area contributed by atoms with Crippen LogP contribution in [0.2, 0.25) is 0 Å². The molecule has 4 rings (SSSR count). The molecule has 0 bridgehead atoms. The van der Waals surface area contributed by atoms with Crippen LogP contribution in [-0.2, 0) is 11.8 Å². The van der Waals surface area contributed by atoms with Gasteiger partial charge in [-0.05, 0) is 48.5 Å². The summed E-state index contributed by atoms with van der Waals surface area (Å²) in [4.78, 5) is 5.25. The maximum Gasteiger partial charge on any atom is 0.158 e. The molecule has 0 nitrogen and oxygen atoms in total. The Morgan fingerprint density at radius 3 is 1.04 bits per heavy atom. The number of rotatable bonds is 4. The van der Waals surface area contributed by atoms with E-state index in [-0.39, 0.29) is 0 Å². The molecule has 0 atom stereocenters. The molecule has 0 radical (unpaired) electrons. The van der Waals surface area contributed by atoms with Gasteiger partial charge >= 0.3 is 0 Å². The first-order valence-electron chi connectivity index (χ1n) is 8.50. The van der Waals surface area contributed by atoms with Gasteiger partial charge in [-0.15, -0.1) is 0 Å². The minimum atomic E-state index is 1.28. The highest BCUT2D eigenvalue weighted by Gasteiger charge is 2.03.